The predicted octanol–water partition coefficient (Wildman–Crippen LogP) is 11.8. The summed E-state index contributed by atoms with van der Waals surface area (Å²) in [6.45, 7) is 12.5. The van der Waals surface area contributed by atoms with E-state index in [-0.39, 0.29) is 38.0 Å². The summed E-state index contributed by atoms with van der Waals surface area (Å²) in [7, 11) is 0. The fourth-order valence-corrected chi connectivity index (χ4v) is 6.34. The van der Waals surface area contributed by atoms with Gasteiger partial charge in [0.05, 0.1) is 39.0 Å². The van der Waals surface area contributed by atoms with Gasteiger partial charge in [-0.3, -0.25) is 9.59 Å². The minimum atomic E-state index is -0.410. The minimum absolute atomic E-state index is 0.0493. The highest BCUT2D eigenvalue weighted by Gasteiger charge is 2.18. The summed E-state index contributed by atoms with van der Waals surface area (Å²) >= 11 is 0. The number of hydrogen-bond acceptors (Lipinski definition) is 7. The van der Waals surface area contributed by atoms with Crippen LogP contribution in [0.15, 0.2) is 24.3 Å². The van der Waals surface area contributed by atoms with Crippen LogP contribution in [-0.2, 0) is 28.5 Å². The van der Waals surface area contributed by atoms with Gasteiger partial charge in [-0.15, -0.1) is 0 Å². The lowest BCUT2D eigenvalue weighted by Gasteiger charge is -2.25. The average molecular weight is 723 g/mol. The van der Waals surface area contributed by atoms with Gasteiger partial charge in [-0.1, -0.05) is 117 Å². The summed E-state index contributed by atoms with van der Waals surface area (Å²) in [5, 5.41) is 9.74. The fraction of sp³-hybridized carbons (Fsp3) is 0.864. The van der Waals surface area contributed by atoms with Crippen molar-refractivity contribution >= 4 is 11.9 Å². The van der Waals surface area contributed by atoms with Gasteiger partial charge in [0.15, 0.2) is 6.29 Å². The van der Waals surface area contributed by atoms with Gasteiger partial charge >= 0.3 is 11.9 Å². The van der Waals surface area contributed by atoms with Crippen molar-refractivity contribution in [3.8, 4) is 0 Å². The Balaban J connectivity index is 4.22. The van der Waals surface area contributed by atoms with Gasteiger partial charge in [0.25, 0.3) is 0 Å². The van der Waals surface area contributed by atoms with E-state index >= 15 is 0 Å². The third kappa shape index (κ3) is 32.7. The highest BCUT2D eigenvalue weighted by atomic mass is 16.7. The third-order valence-electron chi connectivity index (χ3n) is 9.44. The van der Waals surface area contributed by atoms with Gasteiger partial charge in [0.2, 0.25) is 0 Å². The number of ether oxygens (including phenoxy) is 4. The number of carbonyl (C=O) groups is 2. The summed E-state index contributed by atoms with van der Waals surface area (Å²) in [4.78, 5) is 24.7. The molecule has 0 bridgehead atoms. The van der Waals surface area contributed by atoms with Gasteiger partial charge in [0.1, 0.15) is 0 Å². The molecule has 0 spiro atoms. The first-order chi connectivity index (χ1) is 24.9. The van der Waals surface area contributed by atoms with Crippen LogP contribution in [0, 0.1) is 17.8 Å². The Kier molecular flexibility index (Phi) is 36.8. The Bertz CT molecular complexity index is 794. The van der Waals surface area contributed by atoms with Crippen LogP contribution in [0.3, 0.4) is 0 Å². The topological polar surface area (TPSA) is 91.3 Å². The van der Waals surface area contributed by atoms with Crippen LogP contribution in [0.1, 0.15) is 189 Å². The lowest BCUT2D eigenvalue weighted by atomic mass is 9.99. The first kappa shape index (κ1) is 49.3. The van der Waals surface area contributed by atoms with Crippen molar-refractivity contribution in [2.75, 3.05) is 33.0 Å². The van der Waals surface area contributed by atoms with Crippen molar-refractivity contribution < 1.29 is 33.6 Å². The monoisotopic (exact) mass is 723 g/mol. The number of allylic oxidation sites excluding steroid dienone is 4. The summed E-state index contributed by atoms with van der Waals surface area (Å²) < 4.78 is 23.5. The van der Waals surface area contributed by atoms with E-state index in [1.807, 2.05) is 0 Å². The Labute approximate surface area is 315 Å². The maximum absolute atomic E-state index is 12.5. The molecule has 0 aromatic carbocycles. The Morgan fingerprint density at radius 1 is 0.490 bits per heavy atom. The van der Waals surface area contributed by atoms with Crippen LogP contribution in [0.5, 0.6) is 0 Å². The first-order valence-corrected chi connectivity index (χ1v) is 21.4. The van der Waals surface area contributed by atoms with Crippen LogP contribution >= 0.6 is 0 Å². The van der Waals surface area contributed by atoms with Gasteiger partial charge < -0.3 is 24.1 Å². The van der Waals surface area contributed by atoms with E-state index in [1.165, 1.54) is 64.2 Å². The molecule has 0 radical (unpaired) electrons. The normalized spacial score (nSPS) is 12.6. The zero-order chi connectivity index (χ0) is 37.6. The van der Waals surface area contributed by atoms with Crippen LogP contribution in [-0.4, -0.2) is 56.4 Å². The molecule has 7 nitrogen and oxygen atoms in total. The number of esters is 2. The number of aliphatic hydroxyl groups is 1. The number of hydrogen-bond donors (Lipinski definition) is 1. The summed E-state index contributed by atoms with van der Waals surface area (Å²) in [5.41, 5.74) is 0. The molecule has 0 aliphatic carbocycles. The van der Waals surface area contributed by atoms with Gasteiger partial charge in [-0.05, 0) is 95.3 Å². The Morgan fingerprint density at radius 3 is 1.41 bits per heavy atom. The smallest absolute Gasteiger partial charge is 0.305 e. The molecule has 300 valence electrons. The molecule has 0 heterocycles. The zero-order valence-electron chi connectivity index (χ0n) is 34.0. The number of rotatable bonds is 38. The molecule has 0 aliphatic heterocycles. The molecule has 1 N–H and O–H groups in total. The number of unbranched alkanes of at least 4 members (excludes halogenated alkanes) is 9. The second-order valence-electron chi connectivity index (χ2n) is 14.6. The minimum Gasteiger partial charge on any atom is -0.465 e. The quantitative estimate of drug-likeness (QED) is 0.0293. The van der Waals surface area contributed by atoms with Crippen LogP contribution in [0.25, 0.3) is 0 Å². The SMILES string of the molecule is CCCCC/C=C\C/C=C\CCCCCCCC(=O)OCC(CO)COC(=O)CCCCC(OCC(CCC)CCC)OCC(CCC)CCC. The molecule has 1 unspecified atom stereocenters. The summed E-state index contributed by atoms with van der Waals surface area (Å²) in [6, 6.07) is 0. The summed E-state index contributed by atoms with van der Waals surface area (Å²) in [5.74, 6) is 0.169. The molecule has 0 fully saturated rings. The van der Waals surface area contributed by atoms with Crippen molar-refractivity contribution in [3.05, 3.63) is 24.3 Å². The van der Waals surface area contributed by atoms with Gasteiger partial charge in [0, 0.05) is 12.8 Å². The Hall–Kier alpha value is -1.70. The van der Waals surface area contributed by atoms with Gasteiger partial charge in [-0.25, -0.2) is 0 Å². The highest BCUT2D eigenvalue weighted by molar-refractivity contribution is 5.69. The molecule has 0 aromatic heterocycles. The number of aliphatic hydroxyl groups excluding tert-OH is 1. The molecule has 1 atom stereocenters. The molecule has 7 heteroatoms. The average Bonchev–Trinajstić information content (AvgIpc) is 3.12. The standard InChI is InChI=1S/C44H82O7/c1-6-11-12-13-14-15-16-17-18-19-20-21-22-23-24-31-42(46)48-37-41(34-45)38-49-43(47)32-25-26-33-44(50-35-39(27-7-2)28-8-3)51-36-40(29-9-4)30-10-5/h14-15,17-18,39-41,44-45H,6-13,16,19-38H2,1-5H3/b15-14-,18-17-. The molecular formula is C44H82O7. The van der Waals surface area contributed by atoms with Crippen molar-refractivity contribution in [2.45, 2.75) is 195 Å². The molecule has 0 saturated heterocycles. The van der Waals surface area contributed by atoms with Crippen molar-refractivity contribution in [2.24, 2.45) is 17.8 Å². The van der Waals surface area contributed by atoms with E-state index in [0.717, 1.165) is 83.8 Å². The van der Waals surface area contributed by atoms with Crippen molar-refractivity contribution in [1.82, 2.24) is 0 Å². The zero-order valence-corrected chi connectivity index (χ0v) is 34.0. The molecule has 0 aliphatic rings. The largest absolute Gasteiger partial charge is 0.465 e. The maximum atomic E-state index is 12.5. The van der Waals surface area contributed by atoms with Crippen LogP contribution in [0.2, 0.25) is 0 Å². The molecular weight excluding hydrogens is 640 g/mol. The molecule has 0 rings (SSSR count). The van der Waals surface area contributed by atoms with E-state index in [2.05, 4.69) is 58.9 Å². The van der Waals surface area contributed by atoms with E-state index < -0.39 is 5.92 Å². The highest BCUT2D eigenvalue weighted by Crippen LogP contribution is 2.20. The van der Waals surface area contributed by atoms with Gasteiger partial charge in [-0.2, -0.15) is 0 Å². The summed E-state index contributed by atoms with van der Waals surface area (Å²) in [6.07, 6.45) is 33.6. The lowest BCUT2D eigenvalue weighted by molar-refractivity contribution is -0.163. The van der Waals surface area contributed by atoms with Crippen molar-refractivity contribution in [3.63, 3.8) is 0 Å². The third-order valence-corrected chi connectivity index (χ3v) is 9.44. The van der Waals surface area contributed by atoms with E-state index in [9.17, 15) is 14.7 Å². The second kappa shape index (κ2) is 38.0. The second-order valence-corrected chi connectivity index (χ2v) is 14.6. The van der Waals surface area contributed by atoms with E-state index in [4.69, 9.17) is 18.9 Å². The van der Waals surface area contributed by atoms with Crippen LogP contribution < -0.4 is 0 Å². The van der Waals surface area contributed by atoms with Crippen LogP contribution in [0.4, 0.5) is 0 Å². The molecule has 0 saturated carbocycles. The molecule has 0 aromatic rings. The lowest BCUT2D eigenvalue weighted by Crippen LogP contribution is -2.25. The fourth-order valence-electron chi connectivity index (χ4n) is 6.34. The number of carbonyl (C=O) groups excluding carboxylic acids is 2. The maximum Gasteiger partial charge on any atom is 0.305 e. The van der Waals surface area contributed by atoms with Crippen molar-refractivity contribution in [1.29, 1.82) is 0 Å². The molecule has 0 amide bonds. The van der Waals surface area contributed by atoms with E-state index in [0.29, 0.717) is 31.1 Å². The first-order valence-electron chi connectivity index (χ1n) is 21.4. The predicted molar refractivity (Wildman–Crippen MR) is 213 cm³/mol. The molecule has 51 heavy (non-hydrogen) atoms. The Morgan fingerprint density at radius 2 is 0.941 bits per heavy atom. The van der Waals surface area contributed by atoms with E-state index in [1.54, 1.807) is 0 Å².